The van der Waals surface area contributed by atoms with Crippen LogP contribution in [-0.4, -0.2) is 42.2 Å². The van der Waals surface area contributed by atoms with Gasteiger partial charge in [0.05, 0.1) is 6.42 Å². The molecule has 0 spiro atoms. The molecule has 0 saturated carbocycles. The van der Waals surface area contributed by atoms with Gasteiger partial charge >= 0.3 is 12.0 Å². The summed E-state index contributed by atoms with van der Waals surface area (Å²) in [4.78, 5) is 24.7. The van der Waals surface area contributed by atoms with Gasteiger partial charge in [0.15, 0.2) is 0 Å². The number of para-hydroxylation sites is 1. The molecule has 1 aromatic rings. The zero-order valence-electron chi connectivity index (χ0n) is 11.3. The van der Waals surface area contributed by atoms with Crippen LogP contribution in [0, 0.1) is 0 Å². The minimum absolute atomic E-state index is 0.0472. The van der Waals surface area contributed by atoms with E-state index in [0.717, 1.165) is 17.0 Å². The van der Waals surface area contributed by atoms with Gasteiger partial charge in [-0.1, -0.05) is 18.2 Å². The predicted octanol–water partition coefficient (Wildman–Crippen LogP) is 2.14. The highest BCUT2D eigenvalue weighted by atomic mass is 32.2. The van der Waals surface area contributed by atoms with Crippen molar-refractivity contribution in [2.45, 2.75) is 12.3 Å². The third kappa shape index (κ3) is 3.25. The highest BCUT2D eigenvalue weighted by Crippen LogP contribution is 2.37. The SMILES string of the molecule is CSCCNC(=O)N1CC(CC(=O)O)c2ccccc21. The summed E-state index contributed by atoms with van der Waals surface area (Å²) in [5.74, 6) is -0.107. The fourth-order valence-corrected chi connectivity index (χ4v) is 2.73. The number of rotatable bonds is 5. The van der Waals surface area contributed by atoms with Crippen molar-refractivity contribution >= 4 is 29.4 Å². The molecule has 0 saturated heterocycles. The number of carboxylic acids is 1. The molecule has 2 amide bonds. The van der Waals surface area contributed by atoms with E-state index in [1.54, 1.807) is 16.7 Å². The number of carbonyl (C=O) groups is 2. The minimum atomic E-state index is -0.838. The van der Waals surface area contributed by atoms with Gasteiger partial charge in [0.1, 0.15) is 0 Å². The van der Waals surface area contributed by atoms with Crippen molar-refractivity contribution in [1.82, 2.24) is 5.32 Å². The summed E-state index contributed by atoms with van der Waals surface area (Å²) in [6.07, 6.45) is 2.03. The van der Waals surface area contributed by atoms with Crippen LogP contribution in [0.4, 0.5) is 10.5 Å². The number of carboxylic acid groups (broad SMARTS) is 1. The number of carbonyl (C=O) groups excluding carboxylic acids is 1. The van der Waals surface area contributed by atoms with Crippen LogP contribution < -0.4 is 10.2 Å². The lowest BCUT2D eigenvalue weighted by Crippen LogP contribution is -2.40. The summed E-state index contributed by atoms with van der Waals surface area (Å²) in [6, 6.07) is 7.36. The van der Waals surface area contributed by atoms with Crippen LogP contribution in [0.1, 0.15) is 17.9 Å². The van der Waals surface area contributed by atoms with Gasteiger partial charge < -0.3 is 10.4 Å². The van der Waals surface area contributed by atoms with Crippen LogP contribution in [0.5, 0.6) is 0 Å². The lowest BCUT2D eigenvalue weighted by atomic mass is 9.98. The van der Waals surface area contributed by atoms with Gasteiger partial charge in [0, 0.05) is 30.4 Å². The third-order valence-corrected chi connectivity index (χ3v) is 3.93. The highest BCUT2D eigenvalue weighted by Gasteiger charge is 2.33. The summed E-state index contributed by atoms with van der Waals surface area (Å²) in [7, 11) is 0. The van der Waals surface area contributed by atoms with Crippen molar-refractivity contribution in [2.75, 3.05) is 30.0 Å². The smallest absolute Gasteiger partial charge is 0.321 e. The van der Waals surface area contributed by atoms with Crippen LogP contribution in [-0.2, 0) is 4.79 Å². The lowest BCUT2D eigenvalue weighted by Gasteiger charge is -2.18. The predicted molar refractivity (Wildman–Crippen MR) is 80.6 cm³/mol. The largest absolute Gasteiger partial charge is 0.481 e. The molecule has 0 fully saturated rings. The van der Waals surface area contributed by atoms with E-state index in [1.165, 1.54) is 0 Å². The Morgan fingerprint density at radius 1 is 1.45 bits per heavy atom. The van der Waals surface area contributed by atoms with Gasteiger partial charge in [-0.15, -0.1) is 0 Å². The molecule has 2 rings (SSSR count). The number of aliphatic carboxylic acids is 1. The van der Waals surface area contributed by atoms with E-state index in [1.807, 2.05) is 30.5 Å². The summed E-state index contributed by atoms with van der Waals surface area (Å²) < 4.78 is 0. The van der Waals surface area contributed by atoms with E-state index < -0.39 is 5.97 Å². The maximum absolute atomic E-state index is 12.2. The monoisotopic (exact) mass is 294 g/mol. The van der Waals surface area contributed by atoms with Gasteiger partial charge in [-0.3, -0.25) is 9.69 Å². The molecule has 6 heteroatoms. The number of hydrogen-bond acceptors (Lipinski definition) is 3. The molecule has 20 heavy (non-hydrogen) atoms. The Morgan fingerprint density at radius 3 is 2.90 bits per heavy atom. The normalized spacial score (nSPS) is 16.9. The molecule has 0 aromatic heterocycles. The quantitative estimate of drug-likeness (QED) is 0.816. The Bertz CT molecular complexity index is 507. The molecule has 1 aliphatic heterocycles. The summed E-state index contributed by atoms with van der Waals surface area (Å²) in [5, 5.41) is 11.8. The number of anilines is 1. The molecule has 2 N–H and O–H groups in total. The second-order valence-corrected chi connectivity index (χ2v) is 5.67. The van der Waals surface area contributed by atoms with Crippen molar-refractivity contribution < 1.29 is 14.7 Å². The first-order valence-electron chi connectivity index (χ1n) is 6.48. The van der Waals surface area contributed by atoms with Gasteiger partial charge in [-0.25, -0.2) is 4.79 Å². The maximum atomic E-state index is 12.2. The molecule has 0 aliphatic carbocycles. The van der Waals surface area contributed by atoms with Crippen LogP contribution in [0.3, 0.4) is 0 Å². The van der Waals surface area contributed by atoms with Crippen molar-refractivity contribution in [1.29, 1.82) is 0 Å². The number of nitrogens with one attached hydrogen (secondary N) is 1. The second-order valence-electron chi connectivity index (χ2n) is 4.69. The average Bonchev–Trinajstić information content (AvgIpc) is 2.78. The molecule has 108 valence electrons. The second kappa shape index (κ2) is 6.65. The van der Waals surface area contributed by atoms with E-state index >= 15 is 0 Å². The molecule has 1 aromatic carbocycles. The minimum Gasteiger partial charge on any atom is -0.481 e. The van der Waals surface area contributed by atoms with Gasteiger partial charge in [-0.05, 0) is 17.9 Å². The summed E-state index contributed by atoms with van der Waals surface area (Å²) in [5.41, 5.74) is 1.76. The Hall–Kier alpha value is -1.69. The zero-order chi connectivity index (χ0) is 14.5. The Morgan fingerprint density at radius 2 is 2.20 bits per heavy atom. The first-order valence-corrected chi connectivity index (χ1v) is 7.88. The number of urea groups is 1. The molecule has 1 aliphatic rings. The van der Waals surface area contributed by atoms with Crippen molar-refractivity contribution in [3.63, 3.8) is 0 Å². The van der Waals surface area contributed by atoms with Crippen molar-refractivity contribution in [2.24, 2.45) is 0 Å². The van der Waals surface area contributed by atoms with E-state index in [9.17, 15) is 9.59 Å². The van der Waals surface area contributed by atoms with Gasteiger partial charge in [0.2, 0.25) is 0 Å². The zero-order valence-corrected chi connectivity index (χ0v) is 12.2. The van der Waals surface area contributed by atoms with Gasteiger partial charge in [0.25, 0.3) is 0 Å². The topological polar surface area (TPSA) is 69.6 Å². The number of fused-ring (bicyclic) bond motifs is 1. The highest BCUT2D eigenvalue weighted by molar-refractivity contribution is 7.98. The van der Waals surface area contributed by atoms with Crippen LogP contribution in [0.2, 0.25) is 0 Å². The Labute approximate surface area is 122 Å². The molecular weight excluding hydrogens is 276 g/mol. The Kier molecular flexibility index (Phi) is 4.89. The fourth-order valence-electron chi connectivity index (χ4n) is 2.43. The third-order valence-electron chi connectivity index (χ3n) is 3.32. The van der Waals surface area contributed by atoms with Crippen LogP contribution in [0.15, 0.2) is 24.3 Å². The van der Waals surface area contributed by atoms with E-state index in [2.05, 4.69) is 5.32 Å². The number of amides is 2. The number of nitrogens with zero attached hydrogens (tertiary/aromatic N) is 1. The molecule has 5 nitrogen and oxygen atoms in total. The van der Waals surface area contributed by atoms with E-state index in [-0.39, 0.29) is 18.4 Å². The molecule has 1 heterocycles. The molecule has 0 bridgehead atoms. The van der Waals surface area contributed by atoms with E-state index in [4.69, 9.17) is 5.11 Å². The number of hydrogen-bond donors (Lipinski definition) is 2. The first kappa shape index (κ1) is 14.7. The van der Waals surface area contributed by atoms with Crippen molar-refractivity contribution in [3.05, 3.63) is 29.8 Å². The van der Waals surface area contributed by atoms with Crippen LogP contribution in [0.25, 0.3) is 0 Å². The summed E-state index contributed by atoms with van der Waals surface area (Å²) in [6.45, 7) is 1.04. The summed E-state index contributed by atoms with van der Waals surface area (Å²) >= 11 is 1.67. The molecule has 0 radical (unpaired) electrons. The average molecular weight is 294 g/mol. The molecule has 1 unspecified atom stereocenters. The fraction of sp³-hybridized carbons (Fsp3) is 0.429. The Balaban J connectivity index is 2.12. The van der Waals surface area contributed by atoms with E-state index in [0.29, 0.717) is 13.1 Å². The standard InChI is InChI=1S/C14H18N2O3S/c1-20-7-6-15-14(19)16-9-10(8-13(17)18)11-4-2-3-5-12(11)16/h2-5,10H,6-9H2,1H3,(H,15,19)(H,17,18). The van der Waals surface area contributed by atoms with Gasteiger partial charge in [-0.2, -0.15) is 11.8 Å². The number of benzene rings is 1. The maximum Gasteiger partial charge on any atom is 0.321 e. The van der Waals surface area contributed by atoms with Crippen molar-refractivity contribution in [3.8, 4) is 0 Å². The number of thioether (sulfide) groups is 1. The molecular formula is C14H18N2O3S. The first-order chi connectivity index (χ1) is 9.63. The lowest BCUT2D eigenvalue weighted by molar-refractivity contribution is -0.137. The van der Waals surface area contributed by atoms with Crippen LogP contribution >= 0.6 is 11.8 Å². The molecule has 1 atom stereocenters.